The number of nitro benzene ring substituents is 1. The lowest BCUT2D eigenvalue weighted by atomic mass is 9.95. The number of rotatable bonds is 5. The first-order valence-corrected chi connectivity index (χ1v) is 8.70. The predicted molar refractivity (Wildman–Crippen MR) is 101 cm³/mol. The van der Waals surface area contributed by atoms with Crippen LogP contribution < -0.4 is 10.9 Å². The molecule has 2 heterocycles. The molecule has 0 spiro atoms. The number of H-pyrrole nitrogens is 1. The van der Waals surface area contributed by atoms with Crippen LogP contribution in [0.2, 0.25) is 0 Å². The van der Waals surface area contributed by atoms with Gasteiger partial charge in [0.15, 0.2) is 0 Å². The fraction of sp³-hybridized carbons (Fsp3) is 0.263. The van der Waals surface area contributed by atoms with Crippen LogP contribution in [0.25, 0.3) is 10.9 Å². The van der Waals surface area contributed by atoms with Crippen molar-refractivity contribution in [3.63, 3.8) is 0 Å². The summed E-state index contributed by atoms with van der Waals surface area (Å²) in [6, 6.07) is 12.8. The van der Waals surface area contributed by atoms with E-state index >= 15 is 0 Å². The highest BCUT2D eigenvalue weighted by Crippen LogP contribution is 2.35. The van der Waals surface area contributed by atoms with E-state index in [9.17, 15) is 14.9 Å². The molecule has 2 unspecified atom stereocenters. The van der Waals surface area contributed by atoms with Crippen molar-refractivity contribution >= 4 is 22.3 Å². The summed E-state index contributed by atoms with van der Waals surface area (Å²) >= 11 is 0. The number of ether oxygens (including phenoxy) is 1. The molecule has 0 bridgehead atoms. The Kier molecular flexibility index (Phi) is 4.55. The summed E-state index contributed by atoms with van der Waals surface area (Å²) in [6.07, 6.45) is 2.11. The molecule has 4 rings (SSSR count). The highest BCUT2D eigenvalue weighted by atomic mass is 16.6. The van der Waals surface area contributed by atoms with Gasteiger partial charge in [-0.05, 0) is 18.1 Å². The molecule has 0 aliphatic carbocycles. The molecule has 138 valence electrons. The van der Waals surface area contributed by atoms with Crippen molar-refractivity contribution in [1.29, 1.82) is 0 Å². The number of anilines is 1. The number of nitrogens with one attached hydrogen (secondary N) is 2. The Balaban J connectivity index is 1.60. The van der Waals surface area contributed by atoms with Crippen molar-refractivity contribution in [3.8, 4) is 0 Å². The quantitative estimate of drug-likeness (QED) is 0.530. The van der Waals surface area contributed by atoms with Crippen LogP contribution >= 0.6 is 0 Å². The number of aromatic amines is 1. The Bertz CT molecular complexity index is 1030. The molecular formula is C19H18N4O4. The average molecular weight is 366 g/mol. The molecule has 0 radical (unpaired) electrons. The second-order valence-corrected chi connectivity index (χ2v) is 6.51. The van der Waals surface area contributed by atoms with Gasteiger partial charge >= 0.3 is 0 Å². The molecule has 8 nitrogen and oxygen atoms in total. The molecule has 2 aromatic carbocycles. The molecule has 1 aliphatic rings. The molecule has 2 N–H and O–H groups in total. The van der Waals surface area contributed by atoms with E-state index in [4.69, 9.17) is 4.74 Å². The van der Waals surface area contributed by atoms with E-state index < -0.39 is 10.5 Å². The van der Waals surface area contributed by atoms with Crippen molar-refractivity contribution in [2.24, 2.45) is 5.92 Å². The Morgan fingerprint density at radius 1 is 1.30 bits per heavy atom. The molecule has 8 heteroatoms. The third kappa shape index (κ3) is 3.39. The van der Waals surface area contributed by atoms with E-state index in [-0.39, 0.29) is 23.1 Å². The van der Waals surface area contributed by atoms with Crippen molar-refractivity contribution in [2.75, 3.05) is 18.5 Å². The zero-order valence-corrected chi connectivity index (χ0v) is 14.4. The third-order valence-electron chi connectivity index (χ3n) is 4.85. The van der Waals surface area contributed by atoms with Crippen LogP contribution in [0.1, 0.15) is 18.1 Å². The number of benzene rings is 2. The second-order valence-electron chi connectivity index (χ2n) is 6.51. The lowest BCUT2D eigenvalue weighted by molar-refractivity contribution is -0.383. The highest BCUT2D eigenvalue weighted by Gasteiger charge is 2.30. The molecule has 27 heavy (non-hydrogen) atoms. The van der Waals surface area contributed by atoms with Crippen molar-refractivity contribution in [1.82, 2.24) is 9.97 Å². The number of nitro groups is 1. The van der Waals surface area contributed by atoms with Gasteiger partial charge in [0.2, 0.25) is 0 Å². The monoisotopic (exact) mass is 366 g/mol. The van der Waals surface area contributed by atoms with Gasteiger partial charge in [0.1, 0.15) is 5.69 Å². The zero-order chi connectivity index (χ0) is 18.8. The Morgan fingerprint density at radius 3 is 2.89 bits per heavy atom. The number of aromatic nitrogens is 2. The first-order chi connectivity index (χ1) is 13.1. The largest absolute Gasteiger partial charge is 0.379 e. The maximum Gasteiger partial charge on any atom is 0.293 e. The minimum atomic E-state index is -0.492. The molecule has 1 aliphatic heterocycles. The SMILES string of the molecule is O=c1[nH]cnc2cc(NCC3CCOC3c3ccccc3)c([N+](=O)[O-])cc12. The van der Waals surface area contributed by atoms with E-state index in [2.05, 4.69) is 15.3 Å². The summed E-state index contributed by atoms with van der Waals surface area (Å²) in [5, 5.41) is 14.8. The Morgan fingerprint density at radius 2 is 2.11 bits per heavy atom. The summed E-state index contributed by atoms with van der Waals surface area (Å²) in [7, 11) is 0. The fourth-order valence-electron chi connectivity index (χ4n) is 3.49. The first kappa shape index (κ1) is 17.2. The topological polar surface area (TPSA) is 110 Å². The Hall–Kier alpha value is -3.26. The van der Waals surface area contributed by atoms with Gasteiger partial charge in [0, 0.05) is 25.1 Å². The van der Waals surface area contributed by atoms with Gasteiger partial charge in [0.05, 0.1) is 28.3 Å². The van der Waals surface area contributed by atoms with E-state index in [0.717, 1.165) is 12.0 Å². The van der Waals surface area contributed by atoms with Crippen LogP contribution in [-0.4, -0.2) is 28.0 Å². The zero-order valence-electron chi connectivity index (χ0n) is 14.4. The molecule has 1 fully saturated rings. The second kappa shape index (κ2) is 7.16. The number of hydrogen-bond donors (Lipinski definition) is 2. The molecule has 1 saturated heterocycles. The van der Waals surface area contributed by atoms with Gasteiger partial charge in [-0.15, -0.1) is 0 Å². The molecule has 1 aromatic heterocycles. The van der Waals surface area contributed by atoms with Crippen LogP contribution in [0.3, 0.4) is 0 Å². The van der Waals surface area contributed by atoms with Crippen LogP contribution in [0.5, 0.6) is 0 Å². The van der Waals surface area contributed by atoms with E-state index in [1.807, 2.05) is 30.3 Å². The van der Waals surface area contributed by atoms with Crippen molar-refractivity contribution in [2.45, 2.75) is 12.5 Å². The van der Waals surface area contributed by atoms with Gasteiger partial charge in [-0.3, -0.25) is 14.9 Å². The summed E-state index contributed by atoms with van der Waals surface area (Å²) in [5.74, 6) is 0.190. The Labute approximate surface area is 154 Å². The molecule has 0 saturated carbocycles. The molecule has 0 amide bonds. The fourth-order valence-corrected chi connectivity index (χ4v) is 3.49. The highest BCUT2D eigenvalue weighted by molar-refractivity contribution is 5.86. The predicted octanol–water partition coefficient (Wildman–Crippen LogP) is 3.02. The lowest BCUT2D eigenvalue weighted by Gasteiger charge is -2.20. The molecule has 3 aromatic rings. The third-order valence-corrected chi connectivity index (χ3v) is 4.85. The molecular weight excluding hydrogens is 348 g/mol. The summed E-state index contributed by atoms with van der Waals surface area (Å²) in [4.78, 5) is 29.4. The normalized spacial score (nSPS) is 19.3. The minimum Gasteiger partial charge on any atom is -0.379 e. The maximum absolute atomic E-state index is 11.9. The standard InChI is InChI=1S/C19H18N4O4/c24-19-14-8-17(23(25)26)16(9-15(14)21-11-22-19)20-10-13-6-7-27-18(13)12-4-2-1-3-5-12/h1-5,8-9,11,13,18,20H,6-7,10H2,(H,21,22,24). The van der Waals surface area contributed by atoms with Gasteiger partial charge < -0.3 is 15.0 Å². The van der Waals surface area contributed by atoms with Crippen LogP contribution in [0, 0.1) is 16.0 Å². The first-order valence-electron chi connectivity index (χ1n) is 8.70. The number of nitrogens with zero attached hydrogens (tertiary/aromatic N) is 2. The van der Waals surface area contributed by atoms with Crippen LogP contribution in [0.4, 0.5) is 11.4 Å². The summed E-state index contributed by atoms with van der Waals surface area (Å²) in [5.41, 5.74) is 1.32. The molecule has 2 atom stereocenters. The van der Waals surface area contributed by atoms with Crippen LogP contribution in [0.15, 0.2) is 53.6 Å². The van der Waals surface area contributed by atoms with E-state index in [1.54, 1.807) is 6.07 Å². The van der Waals surface area contributed by atoms with E-state index in [0.29, 0.717) is 24.4 Å². The lowest BCUT2D eigenvalue weighted by Crippen LogP contribution is -2.18. The number of fused-ring (bicyclic) bond motifs is 1. The van der Waals surface area contributed by atoms with Gasteiger partial charge in [-0.2, -0.15) is 0 Å². The minimum absolute atomic E-state index is 0.0424. The average Bonchev–Trinajstić information content (AvgIpc) is 3.15. The summed E-state index contributed by atoms with van der Waals surface area (Å²) in [6.45, 7) is 1.18. The number of hydrogen-bond acceptors (Lipinski definition) is 6. The smallest absolute Gasteiger partial charge is 0.293 e. The van der Waals surface area contributed by atoms with Crippen molar-refractivity contribution < 1.29 is 9.66 Å². The maximum atomic E-state index is 11.9. The van der Waals surface area contributed by atoms with Gasteiger partial charge in [0.25, 0.3) is 11.2 Å². The van der Waals surface area contributed by atoms with Crippen LogP contribution in [-0.2, 0) is 4.74 Å². The van der Waals surface area contributed by atoms with Gasteiger partial charge in [-0.25, -0.2) is 4.98 Å². The van der Waals surface area contributed by atoms with Crippen molar-refractivity contribution in [3.05, 3.63) is 74.8 Å². The van der Waals surface area contributed by atoms with E-state index in [1.165, 1.54) is 12.4 Å². The summed E-state index contributed by atoms with van der Waals surface area (Å²) < 4.78 is 5.87. The van der Waals surface area contributed by atoms with Gasteiger partial charge in [-0.1, -0.05) is 30.3 Å².